The number of hydrogen-bond acceptors (Lipinski definition) is 5. The topological polar surface area (TPSA) is 62.7 Å². The maximum atomic E-state index is 5.99. The van der Waals surface area contributed by atoms with Crippen molar-refractivity contribution < 1.29 is 0 Å². The summed E-state index contributed by atoms with van der Waals surface area (Å²) in [6.07, 6.45) is 9.18. The molecule has 0 saturated heterocycles. The van der Waals surface area contributed by atoms with Gasteiger partial charge in [-0.1, -0.05) is 37.3 Å². The van der Waals surface area contributed by atoms with Gasteiger partial charge in [-0.15, -0.1) is 5.10 Å². The summed E-state index contributed by atoms with van der Waals surface area (Å²) < 4.78 is 0. The molecule has 0 spiro atoms. The molecule has 1 saturated carbocycles. The van der Waals surface area contributed by atoms with Gasteiger partial charge in [-0.3, -0.25) is 0 Å². The van der Waals surface area contributed by atoms with Crippen molar-refractivity contribution in [1.82, 2.24) is 15.2 Å². The van der Waals surface area contributed by atoms with Crippen LogP contribution in [-0.4, -0.2) is 21.2 Å². The Morgan fingerprint density at radius 2 is 1.91 bits per heavy atom. The Kier molecular flexibility index (Phi) is 5.28. The molecule has 0 amide bonds. The summed E-state index contributed by atoms with van der Waals surface area (Å²) in [6, 6.07) is 6.17. The number of nitrogens with one attached hydrogen (secondary N) is 2. The van der Waals surface area contributed by atoms with Gasteiger partial charge >= 0.3 is 0 Å². The van der Waals surface area contributed by atoms with Crippen LogP contribution in [0.15, 0.2) is 24.4 Å². The molecule has 1 aromatic carbocycles. The summed E-state index contributed by atoms with van der Waals surface area (Å²) in [5, 5.41) is 15.6. The van der Waals surface area contributed by atoms with Crippen LogP contribution in [0.2, 0.25) is 5.02 Å². The third-order valence-corrected chi connectivity index (χ3v) is 4.43. The van der Waals surface area contributed by atoms with Crippen LogP contribution in [0.5, 0.6) is 0 Å². The number of benzene rings is 1. The van der Waals surface area contributed by atoms with Crippen LogP contribution in [0.4, 0.5) is 17.5 Å². The molecule has 0 bridgehead atoms. The number of anilines is 3. The fraction of sp³-hybridized carbons (Fsp3) is 0.471. The van der Waals surface area contributed by atoms with E-state index in [0.717, 1.165) is 16.3 Å². The van der Waals surface area contributed by atoms with E-state index in [-0.39, 0.29) is 0 Å². The standard InChI is InChI=1S/C17H22ClN5/c1-12-10-13(18)8-9-15(12)21-16-11-19-23-17(22-16)20-14-6-4-2-3-5-7-14/h8-11,14H,2-7H2,1H3,(H2,20,21,22,23). The van der Waals surface area contributed by atoms with Crippen molar-refractivity contribution in [3.05, 3.63) is 35.0 Å². The molecule has 1 aromatic heterocycles. The van der Waals surface area contributed by atoms with Crippen molar-refractivity contribution in [2.75, 3.05) is 10.6 Å². The van der Waals surface area contributed by atoms with Gasteiger partial charge in [-0.05, 0) is 43.5 Å². The Morgan fingerprint density at radius 3 is 2.65 bits per heavy atom. The first-order chi connectivity index (χ1) is 11.2. The lowest BCUT2D eigenvalue weighted by Crippen LogP contribution is -2.20. The predicted molar refractivity (Wildman–Crippen MR) is 94.4 cm³/mol. The molecule has 2 aromatic rings. The maximum absolute atomic E-state index is 5.99. The molecule has 23 heavy (non-hydrogen) atoms. The maximum Gasteiger partial charge on any atom is 0.244 e. The third kappa shape index (κ3) is 4.55. The smallest absolute Gasteiger partial charge is 0.244 e. The Labute approximate surface area is 141 Å². The van der Waals surface area contributed by atoms with Crippen molar-refractivity contribution >= 4 is 29.1 Å². The number of aryl methyl sites for hydroxylation is 1. The van der Waals surface area contributed by atoms with Crippen LogP contribution in [0.25, 0.3) is 0 Å². The summed E-state index contributed by atoms with van der Waals surface area (Å²) in [5.41, 5.74) is 2.03. The molecule has 0 atom stereocenters. The fourth-order valence-electron chi connectivity index (χ4n) is 2.94. The monoisotopic (exact) mass is 331 g/mol. The van der Waals surface area contributed by atoms with E-state index in [0.29, 0.717) is 17.8 Å². The SMILES string of the molecule is Cc1cc(Cl)ccc1Nc1cnnc(NC2CCCCCC2)n1. The number of hydrogen-bond donors (Lipinski definition) is 2. The highest BCUT2D eigenvalue weighted by atomic mass is 35.5. The van der Waals surface area contributed by atoms with E-state index >= 15 is 0 Å². The minimum absolute atomic E-state index is 0.451. The lowest BCUT2D eigenvalue weighted by atomic mass is 10.1. The molecule has 0 aliphatic heterocycles. The van der Waals surface area contributed by atoms with Crippen molar-refractivity contribution in [1.29, 1.82) is 0 Å². The van der Waals surface area contributed by atoms with Crippen LogP contribution in [0.1, 0.15) is 44.1 Å². The highest BCUT2D eigenvalue weighted by Gasteiger charge is 2.13. The average molecular weight is 332 g/mol. The van der Waals surface area contributed by atoms with Gasteiger partial charge in [0.2, 0.25) is 5.95 Å². The zero-order chi connectivity index (χ0) is 16.1. The quantitative estimate of drug-likeness (QED) is 0.794. The molecule has 1 aliphatic rings. The van der Waals surface area contributed by atoms with Crippen molar-refractivity contribution in [2.24, 2.45) is 0 Å². The van der Waals surface area contributed by atoms with E-state index in [2.05, 4.69) is 25.8 Å². The minimum Gasteiger partial charge on any atom is -0.350 e. The van der Waals surface area contributed by atoms with E-state index in [1.807, 2.05) is 25.1 Å². The lowest BCUT2D eigenvalue weighted by molar-refractivity contribution is 0.613. The molecule has 1 heterocycles. The lowest BCUT2D eigenvalue weighted by Gasteiger charge is -2.16. The van der Waals surface area contributed by atoms with E-state index in [9.17, 15) is 0 Å². The second-order valence-electron chi connectivity index (χ2n) is 6.08. The molecule has 0 radical (unpaired) electrons. The first kappa shape index (κ1) is 16.0. The van der Waals surface area contributed by atoms with E-state index in [4.69, 9.17) is 11.6 Å². The summed E-state index contributed by atoms with van der Waals surface area (Å²) in [7, 11) is 0. The van der Waals surface area contributed by atoms with Gasteiger partial charge in [0.15, 0.2) is 5.82 Å². The second-order valence-corrected chi connectivity index (χ2v) is 6.52. The van der Waals surface area contributed by atoms with E-state index in [1.54, 1.807) is 6.20 Å². The number of halogens is 1. The Morgan fingerprint density at radius 1 is 1.13 bits per heavy atom. The largest absolute Gasteiger partial charge is 0.350 e. The first-order valence-corrected chi connectivity index (χ1v) is 8.58. The molecule has 5 nitrogen and oxygen atoms in total. The van der Waals surface area contributed by atoms with Gasteiger partial charge in [0.25, 0.3) is 0 Å². The molecule has 0 unspecified atom stereocenters. The van der Waals surface area contributed by atoms with Gasteiger partial charge in [0.05, 0.1) is 6.20 Å². The van der Waals surface area contributed by atoms with Gasteiger partial charge in [0.1, 0.15) is 0 Å². The van der Waals surface area contributed by atoms with Gasteiger partial charge in [-0.25, -0.2) is 0 Å². The van der Waals surface area contributed by atoms with Gasteiger partial charge in [0, 0.05) is 16.8 Å². The fourth-order valence-corrected chi connectivity index (χ4v) is 3.16. The van der Waals surface area contributed by atoms with E-state index in [1.165, 1.54) is 38.5 Å². The predicted octanol–water partition coefficient (Wildman–Crippen LogP) is 4.71. The highest BCUT2D eigenvalue weighted by Crippen LogP contribution is 2.23. The number of nitrogens with zero attached hydrogens (tertiary/aromatic N) is 3. The molecule has 1 fully saturated rings. The van der Waals surface area contributed by atoms with Crippen molar-refractivity contribution in [2.45, 2.75) is 51.5 Å². The van der Waals surface area contributed by atoms with Crippen LogP contribution >= 0.6 is 11.6 Å². The van der Waals surface area contributed by atoms with Crippen molar-refractivity contribution in [3.8, 4) is 0 Å². The molecule has 6 heteroatoms. The van der Waals surface area contributed by atoms with Crippen molar-refractivity contribution in [3.63, 3.8) is 0 Å². The summed E-state index contributed by atoms with van der Waals surface area (Å²) in [5.74, 6) is 1.27. The van der Waals surface area contributed by atoms with Crippen LogP contribution < -0.4 is 10.6 Å². The number of aromatic nitrogens is 3. The minimum atomic E-state index is 0.451. The van der Waals surface area contributed by atoms with Gasteiger partial charge < -0.3 is 10.6 Å². The van der Waals surface area contributed by atoms with Crippen LogP contribution in [0, 0.1) is 6.92 Å². The molecular weight excluding hydrogens is 310 g/mol. The molecule has 122 valence electrons. The first-order valence-electron chi connectivity index (χ1n) is 8.20. The zero-order valence-corrected chi connectivity index (χ0v) is 14.1. The Bertz CT molecular complexity index is 653. The summed E-state index contributed by atoms with van der Waals surface area (Å²) >= 11 is 5.99. The van der Waals surface area contributed by atoms with Crippen LogP contribution in [-0.2, 0) is 0 Å². The second kappa shape index (κ2) is 7.59. The normalized spacial score (nSPS) is 15.9. The zero-order valence-electron chi connectivity index (χ0n) is 13.3. The van der Waals surface area contributed by atoms with Crippen LogP contribution in [0.3, 0.4) is 0 Å². The molecular formula is C17H22ClN5. The molecule has 1 aliphatic carbocycles. The summed E-state index contributed by atoms with van der Waals surface area (Å²) in [4.78, 5) is 4.53. The Hall–Kier alpha value is -1.88. The molecule has 3 rings (SSSR count). The highest BCUT2D eigenvalue weighted by molar-refractivity contribution is 6.30. The third-order valence-electron chi connectivity index (χ3n) is 4.20. The molecule has 2 N–H and O–H groups in total. The van der Waals surface area contributed by atoms with Gasteiger partial charge in [-0.2, -0.15) is 10.1 Å². The Balaban J connectivity index is 1.69. The average Bonchev–Trinajstić information content (AvgIpc) is 2.79. The summed E-state index contributed by atoms with van der Waals surface area (Å²) in [6.45, 7) is 2.01. The van der Waals surface area contributed by atoms with E-state index < -0.39 is 0 Å². The number of rotatable bonds is 4.